The van der Waals surface area contributed by atoms with Gasteiger partial charge in [-0.1, -0.05) is 20.8 Å². The fourth-order valence-electron chi connectivity index (χ4n) is 2.70. The molecular weight excluding hydrogens is 222 g/mol. The van der Waals surface area contributed by atoms with Crippen LogP contribution in [0.15, 0.2) is 0 Å². The molecule has 3 atom stereocenters. The van der Waals surface area contributed by atoms with Gasteiger partial charge in [-0.05, 0) is 37.5 Å². The summed E-state index contributed by atoms with van der Waals surface area (Å²) in [6.45, 7) is 6.29. The predicted molar refractivity (Wildman–Crippen MR) is 68.0 cm³/mol. The molecule has 16 heavy (non-hydrogen) atoms. The van der Waals surface area contributed by atoms with Crippen LogP contribution in [0.5, 0.6) is 0 Å². The smallest absolute Gasteiger partial charge is 0.154 e. The second-order valence-electron chi connectivity index (χ2n) is 5.39. The van der Waals surface area contributed by atoms with Gasteiger partial charge in [-0.25, -0.2) is 8.42 Å². The van der Waals surface area contributed by atoms with Crippen LogP contribution in [-0.2, 0) is 9.84 Å². The molecule has 0 radical (unpaired) electrons. The summed E-state index contributed by atoms with van der Waals surface area (Å²) < 4.78 is 24.0. The Balaban J connectivity index is 2.67. The van der Waals surface area contributed by atoms with Crippen molar-refractivity contribution in [2.75, 3.05) is 5.75 Å². The maximum absolute atomic E-state index is 12.0. The molecule has 1 rings (SSSR count). The molecule has 1 fully saturated rings. The molecule has 1 aliphatic rings. The maximum Gasteiger partial charge on any atom is 0.154 e. The van der Waals surface area contributed by atoms with Gasteiger partial charge in [0.1, 0.15) is 0 Å². The summed E-state index contributed by atoms with van der Waals surface area (Å²) in [6, 6.07) is -0.155. The number of sulfone groups is 1. The topological polar surface area (TPSA) is 60.2 Å². The molecule has 3 nitrogen and oxygen atoms in total. The van der Waals surface area contributed by atoms with Gasteiger partial charge in [0.2, 0.25) is 0 Å². The lowest BCUT2D eigenvalue weighted by Crippen LogP contribution is -2.46. The third kappa shape index (κ3) is 3.20. The highest BCUT2D eigenvalue weighted by molar-refractivity contribution is 7.92. The van der Waals surface area contributed by atoms with Crippen molar-refractivity contribution in [1.29, 1.82) is 0 Å². The van der Waals surface area contributed by atoms with E-state index in [0.717, 1.165) is 19.3 Å². The monoisotopic (exact) mass is 247 g/mol. The third-order valence-electron chi connectivity index (χ3n) is 3.77. The molecule has 1 aliphatic carbocycles. The fraction of sp³-hybridized carbons (Fsp3) is 1.00. The van der Waals surface area contributed by atoms with Crippen molar-refractivity contribution in [3.05, 3.63) is 0 Å². The van der Waals surface area contributed by atoms with Crippen LogP contribution in [0.2, 0.25) is 0 Å². The van der Waals surface area contributed by atoms with E-state index in [9.17, 15) is 8.42 Å². The summed E-state index contributed by atoms with van der Waals surface area (Å²) in [7, 11) is -2.96. The van der Waals surface area contributed by atoms with Gasteiger partial charge in [-0.15, -0.1) is 0 Å². The second kappa shape index (κ2) is 5.50. The molecule has 0 saturated heterocycles. The molecule has 0 aromatic carbocycles. The first-order chi connectivity index (χ1) is 7.38. The van der Waals surface area contributed by atoms with Crippen molar-refractivity contribution in [1.82, 2.24) is 0 Å². The molecule has 1 saturated carbocycles. The van der Waals surface area contributed by atoms with Gasteiger partial charge >= 0.3 is 0 Å². The van der Waals surface area contributed by atoms with Gasteiger partial charge < -0.3 is 5.73 Å². The third-order valence-corrected chi connectivity index (χ3v) is 6.25. The van der Waals surface area contributed by atoms with E-state index < -0.39 is 9.84 Å². The zero-order valence-corrected chi connectivity index (χ0v) is 11.5. The maximum atomic E-state index is 12.0. The Kier molecular flexibility index (Phi) is 4.80. The fourth-order valence-corrected chi connectivity index (χ4v) is 4.71. The largest absolute Gasteiger partial charge is 0.327 e. The van der Waals surface area contributed by atoms with Gasteiger partial charge in [-0.2, -0.15) is 0 Å². The number of hydrogen-bond donors (Lipinski definition) is 1. The van der Waals surface area contributed by atoms with Gasteiger partial charge in [0.05, 0.1) is 11.0 Å². The van der Waals surface area contributed by atoms with Crippen LogP contribution in [0.4, 0.5) is 0 Å². The van der Waals surface area contributed by atoms with E-state index >= 15 is 0 Å². The lowest BCUT2D eigenvalue weighted by molar-refractivity contribution is 0.256. The molecule has 2 N–H and O–H groups in total. The predicted octanol–water partition coefficient (Wildman–Crippen LogP) is 1.96. The van der Waals surface area contributed by atoms with Gasteiger partial charge in [-0.3, -0.25) is 0 Å². The Labute approximate surface area is 99.7 Å². The first-order valence-corrected chi connectivity index (χ1v) is 8.07. The Morgan fingerprint density at radius 2 is 1.94 bits per heavy atom. The first kappa shape index (κ1) is 14.0. The van der Waals surface area contributed by atoms with Crippen LogP contribution in [0, 0.1) is 11.8 Å². The molecule has 0 aromatic heterocycles. The van der Waals surface area contributed by atoms with E-state index in [1.165, 1.54) is 0 Å². The highest BCUT2D eigenvalue weighted by atomic mass is 32.2. The Bertz CT molecular complexity index is 311. The summed E-state index contributed by atoms with van der Waals surface area (Å²) in [4.78, 5) is 0. The molecule has 0 bridgehead atoms. The van der Waals surface area contributed by atoms with E-state index in [2.05, 4.69) is 13.8 Å². The molecule has 96 valence electrons. The lowest BCUT2D eigenvalue weighted by atomic mass is 9.79. The average molecular weight is 247 g/mol. The molecule has 0 aliphatic heterocycles. The first-order valence-electron chi connectivity index (χ1n) is 6.35. The van der Waals surface area contributed by atoms with E-state index in [1.54, 1.807) is 0 Å². The number of nitrogens with two attached hydrogens (primary N) is 1. The molecule has 4 heteroatoms. The summed E-state index contributed by atoms with van der Waals surface area (Å²) in [5.41, 5.74) is 6.04. The van der Waals surface area contributed by atoms with Crippen molar-refractivity contribution >= 4 is 9.84 Å². The molecule has 3 unspecified atom stereocenters. The van der Waals surface area contributed by atoms with Crippen LogP contribution >= 0.6 is 0 Å². The minimum absolute atomic E-state index is 0.155. The normalized spacial score (nSPS) is 31.9. The van der Waals surface area contributed by atoms with Crippen LogP contribution in [0.3, 0.4) is 0 Å². The quantitative estimate of drug-likeness (QED) is 0.826. The Morgan fingerprint density at radius 1 is 1.31 bits per heavy atom. The second-order valence-corrected chi connectivity index (χ2v) is 7.73. The molecule has 0 aromatic rings. The van der Waals surface area contributed by atoms with E-state index in [4.69, 9.17) is 5.73 Å². The van der Waals surface area contributed by atoms with Crippen LogP contribution in [0.1, 0.15) is 46.5 Å². The van der Waals surface area contributed by atoms with Crippen LogP contribution in [0.25, 0.3) is 0 Å². The summed E-state index contributed by atoms with van der Waals surface area (Å²) in [5, 5.41) is -0.289. The SMILES string of the molecule is CCCS(=O)(=O)C1CCC(C(C)C)CC1N. The highest BCUT2D eigenvalue weighted by Gasteiger charge is 2.36. The summed E-state index contributed by atoms with van der Waals surface area (Å²) in [6.07, 6.45) is 3.33. The zero-order chi connectivity index (χ0) is 12.3. The molecular formula is C12H25NO2S. The minimum atomic E-state index is -2.96. The van der Waals surface area contributed by atoms with Crippen LogP contribution < -0.4 is 5.73 Å². The Morgan fingerprint density at radius 3 is 2.38 bits per heavy atom. The van der Waals surface area contributed by atoms with Crippen LogP contribution in [-0.4, -0.2) is 25.5 Å². The standard InChI is InChI=1S/C12H25NO2S/c1-4-7-16(14,15)12-6-5-10(9(2)3)8-11(12)13/h9-12H,4-8,13H2,1-3H3. The van der Waals surface area contributed by atoms with Crippen molar-refractivity contribution in [3.8, 4) is 0 Å². The van der Waals surface area contributed by atoms with Crippen molar-refractivity contribution in [2.45, 2.75) is 57.7 Å². The van der Waals surface area contributed by atoms with E-state index in [0.29, 0.717) is 18.3 Å². The van der Waals surface area contributed by atoms with Crippen molar-refractivity contribution in [2.24, 2.45) is 17.6 Å². The Hall–Kier alpha value is -0.0900. The lowest BCUT2D eigenvalue weighted by Gasteiger charge is -2.35. The van der Waals surface area contributed by atoms with E-state index in [1.807, 2.05) is 6.92 Å². The summed E-state index contributed by atoms with van der Waals surface area (Å²) in [5.74, 6) is 1.50. The summed E-state index contributed by atoms with van der Waals surface area (Å²) >= 11 is 0. The highest BCUT2D eigenvalue weighted by Crippen LogP contribution is 2.32. The van der Waals surface area contributed by atoms with E-state index in [-0.39, 0.29) is 17.0 Å². The van der Waals surface area contributed by atoms with Gasteiger partial charge in [0, 0.05) is 6.04 Å². The minimum Gasteiger partial charge on any atom is -0.327 e. The number of hydrogen-bond acceptors (Lipinski definition) is 3. The molecule has 0 amide bonds. The number of rotatable bonds is 4. The van der Waals surface area contributed by atoms with Gasteiger partial charge in [0.15, 0.2) is 9.84 Å². The van der Waals surface area contributed by atoms with Crippen molar-refractivity contribution < 1.29 is 8.42 Å². The zero-order valence-electron chi connectivity index (χ0n) is 10.6. The molecule has 0 spiro atoms. The average Bonchev–Trinajstić information content (AvgIpc) is 2.16. The van der Waals surface area contributed by atoms with Crippen molar-refractivity contribution in [3.63, 3.8) is 0 Å². The van der Waals surface area contributed by atoms with Gasteiger partial charge in [0.25, 0.3) is 0 Å². The molecule has 0 heterocycles.